The molecule has 1 N–H and O–H groups in total. The number of likely N-dealkylation sites (N-methyl/N-ethyl adjacent to an activating group) is 1. The van der Waals surface area contributed by atoms with Crippen molar-refractivity contribution in [3.8, 4) is 0 Å². The molecule has 1 fully saturated rings. The first-order valence-electron chi connectivity index (χ1n) is 7.50. The number of methoxy groups -OCH3 is 1. The SMILES string of the molecule is CNC1(C(=O)OC)CCCC(OCCOCC(C)C)C1. The highest BCUT2D eigenvalue weighted by molar-refractivity contribution is 5.80. The molecule has 1 rings (SSSR count). The van der Waals surface area contributed by atoms with Gasteiger partial charge < -0.3 is 19.5 Å². The van der Waals surface area contributed by atoms with Gasteiger partial charge in [0.1, 0.15) is 5.54 Å². The Hall–Kier alpha value is -0.650. The second-order valence-electron chi connectivity index (χ2n) is 5.88. The Labute approximate surface area is 122 Å². The highest BCUT2D eigenvalue weighted by atomic mass is 16.5. The first kappa shape index (κ1) is 17.4. The van der Waals surface area contributed by atoms with Crippen LogP contribution in [0.3, 0.4) is 0 Å². The summed E-state index contributed by atoms with van der Waals surface area (Å²) < 4.78 is 16.3. The van der Waals surface area contributed by atoms with Gasteiger partial charge in [0.2, 0.25) is 0 Å². The lowest BCUT2D eigenvalue weighted by molar-refractivity contribution is -0.152. The maximum atomic E-state index is 12.0. The molecule has 5 heteroatoms. The van der Waals surface area contributed by atoms with Crippen molar-refractivity contribution in [2.75, 3.05) is 34.0 Å². The molecule has 5 nitrogen and oxygen atoms in total. The lowest BCUT2D eigenvalue weighted by Gasteiger charge is -2.38. The molecule has 0 aliphatic heterocycles. The summed E-state index contributed by atoms with van der Waals surface area (Å²) in [5, 5.41) is 3.13. The summed E-state index contributed by atoms with van der Waals surface area (Å²) in [4.78, 5) is 12.0. The number of carbonyl (C=O) groups excluding carboxylic acids is 1. The van der Waals surface area contributed by atoms with E-state index in [2.05, 4.69) is 19.2 Å². The van der Waals surface area contributed by atoms with Crippen molar-refractivity contribution in [2.24, 2.45) is 5.92 Å². The maximum absolute atomic E-state index is 12.0. The van der Waals surface area contributed by atoms with Crippen LogP contribution >= 0.6 is 0 Å². The summed E-state index contributed by atoms with van der Waals surface area (Å²) in [5.41, 5.74) is -0.587. The topological polar surface area (TPSA) is 56.8 Å². The fraction of sp³-hybridized carbons (Fsp3) is 0.933. The lowest BCUT2D eigenvalue weighted by atomic mass is 9.80. The molecule has 2 atom stereocenters. The second kappa shape index (κ2) is 8.60. The van der Waals surface area contributed by atoms with Gasteiger partial charge in [-0.25, -0.2) is 0 Å². The Morgan fingerprint density at radius 2 is 2.15 bits per heavy atom. The number of rotatable bonds is 8. The third kappa shape index (κ3) is 5.04. The molecular weight excluding hydrogens is 258 g/mol. The average Bonchev–Trinajstić information content (AvgIpc) is 2.45. The van der Waals surface area contributed by atoms with E-state index in [0.29, 0.717) is 25.6 Å². The van der Waals surface area contributed by atoms with Crippen LogP contribution in [0.25, 0.3) is 0 Å². The molecule has 0 amide bonds. The number of hydrogen-bond donors (Lipinski definition) is 1. The van der Waals surface area contributed by atoms with E-state index in [4.69, 9.17) is 14.2 Å². The third-order valence-corrected chi connectivity index (χ3v) is 3.79. The average molecular weight is 287 g/mol. The van der Waals surface area contributed by atoms with Gasteiger partial charge in [0.05, 0.1) is 26.4 Å². The standard InChI is InChI=1S/C15H29NO4/c1-12(2)11-19-8-9-20-13-6-5-7-15(10-13,16-3)14(17)18-4/h12-13,16H,5-11H2,1-4H3. The van der Waals surface area contributed by atoms with E-state index in [1.165, 1.54) is 7.11 Å². The Morgan fingerprint density at radius 3 is 2.75 bits per heavy atom. The van der Waals surface area contributed by atoms with Crippen molar-refractivity contribution < 1.29 is 19.0 Å². The number of nitrogens with one attached hydrogen (secondary N) is 1. The van der Waals surface area contributed by atoms with Crippen LogP contribution in [0.5, 0.6) is 0 Å². The van der Waals surface area contributed by atoms with Crippen LogP contribution in [0.2, 0.25) is 0 Å². The molecule has 0 aromatic rings. The molecular formula is C15H29NO4. The summed E-state index contributed by atoms with van der Waals surface area (Å²) in [7, 11) is 3.25. The Morgan fingerprint density at radius 1 is 1.40 bits per heavy atom. The highest BCUT2D eigenvalue weighted by Gasteiger charge is 2.42. The summed E-state index contributed by atoms with van der Waals surface area (Å²) in [6, 6.07) is 0. The molecule has 1 aliphatic rings. The zero-order chi connectivity index (χ0) is 15.0. The van der Waals surface area contributed by atoms with Gasteiger partial charge in [0.25, 0.3) is 0 Å². The van der Waals surface area contributed by atoms with Crippen LogP contribution in [-0.4, -0.2) is 51.6 Å². The predicted octanol–water partition coefficient (Wildman–Crippen LogP) is 1.75. The van der Waals surface area contributed by atoms with Crippen molar-refractivity contribution in [1.29, 1.82) is 0 Å². The third-order valence-electron chi connectivity index (χ3n) is 3.79. The molecule has 1 aliphatic carbocycles. The summed E-state index contributed by atoms with van der Waals surface area (Å²) in [6.07, 6.45) is 3.52. The number of ether oxygens (including phenoxy) is 3. The van der Waals surface area contributed by atoms with Gasteiger partial charge in [-0.2, -0.15) is 0 Å². The quantitative estimate of drug-likeness (QED) is 0.544. The minimum absolute atomic E-state index is 0.0953. The Kier molecular flexibility index (Phi) is 7.48. The van der Waals surface area contributed by atoms with Crippen LogP contribution in [0, 0.1) is 5.92 Å². The first-order valence-corrected chi connectivity index (χ1v) is 7.50. The molecule has 1 saturated carbocycles. The van der Waals surface area contributed by atoms with E-state index in [9.17, 15) is 4.79 Å². The Bertz CT molecular complexity index is 296. The van der Waals surface area contributed by atoms with Crippen LogP contribution < -0.4 is 5.32 Å². The monoisotopic (exact) mass is 287 g/mol. The molecule has 0 saturated heterocycles. The van der Waals surface area contributed by atoms with Crippen LogP contribution in [0.15, 0.2) is 0 Å². The van der Waals surface area contributed by atoms with Crippen molar-refractivity contribution in [3.63, 3.8) is 0 Å². The number of hydrogen-bond acceptors (Lipinski definition) is 5. The number of carbonyl (C=O) groups is 1. The molecule has 0 bridgehead atoms. The lowest BCUT2D eigenvalue weighted by Crippen LogP contribution is -2.55. The van der Waals surface area contributed by atoms with E-state index in [0.717, 1.165) is 25.9 Å². The van der Waals surface area contributed by atoms with Crippen molar-refractivity contribution in [1.82, 2.24) is 5.32 Å². The molecule has 0 spiro atoms. The minimum Gasteiger partial charge on any atom is -0.468 e. The summed E-state index contributed by atoms with van der Waals surface area (Å²) in [5.74, 6) is 0.352. The molecule has 0 aromatic carbocycles. The van der Waals surface area contributed by atoms with Gasteiger partial charge in [-0.05, 0) is 32.2 Å². The van der Waals surface area contributed by atoms with E-state index in [1.807, 2.05) is 7.05 Å². The fourth-order valence-electron chi connectivity index (χ4n) is 2.67. The fourth-order valence-corrected chi connectivity index (χ4v) is 2.67. The largest absolute Gasteiger partial charge is 0.468 e. The molecule has 0 aromatic heterocycles. The van der Waals surface area contributed by atoms with Crippen LogP contribution in [-0.2, 0) is 19.0 Å². The highest BCUT2D eigenvalue weighted by Crippen LogP contribution is 2.31. The van der Waals surface area contributed by atoms with Crippen LogP contribution in [0.1, 0.15) is 39.5 Å². The van der Waals surface area contributed by atoms with Gasteiger partial charge >= 0.3 is 5.97 Å². The minimum atomic E-state index is -0.587. The smallest absolute Gasteiger partial charge is 0.326 e. The maximum Gasteiger partial charge on any atom is 0.326 e. The van der Waals surface area contributed by atoms with Crippen molar-refractivity contribution in [2.45, 2.75) is 51.2 Å². The van der Waals surface area contributed by atoms with Gasteiger partial charge in [0.15, 0.2) is 0 Å². The van der Waals surface area contributed by atoms with E-state index < -0.39 is 5.54 Å². The molecule has 20 heavy (non-hydrogen) atoms. The zero-order valence-electron chi connectivity index (χ0n) is 13.2. The first-order chi connectivity index (χ1) is 9.54. The van der Waals surface area contributed by atoms with Gasteiger partial charge in [-0.1, -0.05) is 13.8 Å². The van der Waals surface area contributed by atoms with Gasteiger partial charge in [0, 0.05) is 13.0 Å². The zero-order valence-corrected chi connectivity index (χ0v) is 13.2. The van der Waals surface area contributed by atoms with Crippen LogP contribution in [0.4, 0.5) is 0 Å². The predicted molar refractivity (Wildman–Crippen MR) is 77.7 cm³/mol. The normalized spacial score (nSPS) is 26.8. The summed E-state index contributed by atoms with van der Waals surface area (Å²) in [6.45, 7) is 6.20. The number of esters is 1. The molecule has 0 heterocycles. The summed E-state index contributed by atoms with van der Waals surface area (Å²) >= 11 is 0. The van der Waals surface area contributed by atoms with E-state index in [1.54, 1.807) is 0 Å². The molecule has 0 radical (unpaired) electrons. The van der Waals surface area contributed by atoms with Crippen molar-refractivity contribution >= 4 is 5.97 Å². The van der Waals surface area contributed by atoms with Gasteiger partial charge in [-0.15, -0.1) is 0 Å². The molecule has 2 unspecified atom stereocenters. The van der Waals surface area contributed by atoms with E-state index in [-0.39, 0.29) is 12.1 Å². The second-order valence-corrected chi connectivity index (χ2v) is 5.88. The molecule has 118 valence electrons. The Balaban J connectivity index is 2.35. The van der Waals surface area contributed by atoms with E-state index >= 15 is 0 Å². The van der Waals surface area contributed by atoms with Gasteiger partial charge in [-0.3, -0.25) is 4.79 Å². The van der Waals surface area contributed by atoms with Crippen molar-refractivity contribution in [3.05, 3.63) is 0 Å².